The molecule has 20 heavy (non-hydrogen) atoms. The average molecular weight is 294 g/mol. The lowest BCUT2D eigenvalue weighted by atomic mass is 9.70. The second kappa shape index (κ2) is 8.05. The fourth-order valence-electron chi connectivity index (χ4n) is 3.72. The van der Waals surface area contributed by atoms with E-state index in [1.807, 2.05) is 12.1 Å². The third-order valence-corrected chi connectivity index (χ3v) is 5.10. The molecule has 1 nitrogen and oxygen atoms in total. The van der Waals surface area contributed by atoms with E-state index in [4.69, 9.17) is 11.6 Å². The van der Waals surface area contributed by atoms with Crippen LogP contribution in [0.2, 0.25) is 5.02 Å². The summed E-state index contributed by atoms with van der Waals surface area (Å²) in [5.41, 5.74) is 1.37. The first kappa shape index (κ1) is 15.9. The number of hydrogen-bond acceptors (Lipinski definition) is 1. The molecule has 1 aliphatic rings. The number of rotatable bonds is 6. The van der Waals surface area contributed by atoms with Gasteiger partial charge in [-0.25, -0.2) is 0 Å². The highest BCUT2D eigenvalue weighted by Crippen LogP contribution is 2.43. The maximum Gasteiger partial charge on any atom is 0.0440 e. The van der Waals surface area contributed by atoms with E-state index in [1.165, 1.54) is 37.7 Å². The van der Waals surface area contributed by atoms with Gasteiger partial charge in [0.05, 0.1) is 0 Å². The molecule has 0 heterocycles. The van der Waals surface area contributed by atoms with Gasteiger partial charge in [0.1, 0.15) is 0 Å². The normalized spacial score (nSPS) is 26.6. The van der Waals surface area contributed by atoms with Crippen LogP contribution in [-0.4, -0.2) is 13.1 Å². The van der Waals surface area contributed by atoms with Crippen LogP contribution in [0.15, 0.2) is 24.3 Å². The molecule has 0 amide bonds. The predicted octanol–water partition coefficient (Wildman–Crippen LogP) is 5.25. The minimum Gasteiger partial charge on any atom is -0.317 e. The van der Waals surface area contributed by atoms with Gasteiger partial charge in [0.15, 0.2) is 0 Å². The zero-order chi connectivity index (χ0) is 14.4. The summed E-state index contributed by atoms with van der Waals surface area (Å²) in [6.45, 7) is 6.68. The van der Waals surface area contributed by atoms with Crippen molar-refractivity contribution in [3.63, 3.8) is 0 Å². The third-order valence-electron chi connectivity index (χ3n) is 4.76. The highest BCUT2D eigenvalue weighted by atomic mass is 35.5. The molecule has 0 bridgehead atoms. The molecular weight excluding hydrogens is 266 g/mol. The van der Waals surface area contributed by atoms with E-state index < -0.39 is 0 Å². The molecular formula is C18H28ClN. The minimum atomic E-state index is 0.632. The lowest BCUT2D eigenvalue weighted by Gasteiger charge is -2.37. The number of nitrogens with one attached hydrogen (secondary N) is 1. The highest BCUT2D eigenvalue weighted by molar-refractivity contribution is 6.31. The zero-order valence-corrected chi connectivity index (χ0v) is 13.6. The molecule has 0 aliphatic heterocycles. The van der Waals surface area contributed by atoms with Crippen LogP contribution in [0.4, 0.5) is 0 Å². The van der Waals surface area contributed by atoms with Gasteiger partial charge in [-0.1, -0.05) is 62.9 Å². The van der Waals surface area contributed by atoms with Crippen LogP contribution in [0.5, 0.6) is 0 Å². The van der Waals surface area contributed by atoms with Crippen LogP contribution in [0, 0.1) is 11.8 Å². The van der Waals surface area contributed by atoms with Gasteiger partial charge in [-0.15, -0.1) is 0 Å². The number of halogens is 1. The molecule has 3 atom stereocenters. The van der Waals surface area contributed by atoms with Crippen molar-refractivity contribution in [3.8, 4) is 0 Å². The second-order valence-electron chi connectivity index (χ2n) is 6.16. The topological polar surface area (TPSA) is 12.0 Å². The molecule has 2 rings (SSSR count). The summed E-state index contributed by atoms with van der Waals surface area (Å²) in [5.74, 6) is 2.26. The van der Waals surface area contributed by atoms with Crippen LogP contribution in [0.1, 0.15) is 57.4 Å². The molecule has 0 spiro atoms. The molecule has 1 fully saturated rings. The Hall–Kier alpha value is -0.530. The average Bonchev–Trinajstić information content (AvgIpc) is 2.47. The Balaban J connectivity index is 2.14. The Kier molecular flexibility index (Phi) is 6.38. The Labute approximate surface area is 129 Å². The van der Waals surface area contributed by atoms with E-state index >= 15 is 0 Å². The summed E-state index contributed by atoms with van der Waals surface area (Å²) in [4.78, 5) is 0. The standard InChI is InChI=1S/C18H28ClN/c1-3-7-14-10-11-15(13-20-4-2)17(12-14)16-8-5-6-9-18(16)19/h5-6,8-9,14-15,17,20H,3-4,7,10-13H2,1-2H3. The van der Waals surface area contributed by atoms with E-state index in [0.717, 1.165) is 29.9 Å². The van der Waals surface area contributed by atoms with Gasteiger partial charge < -0.3 is 5.32 Å². The first-order valence-electron chi connectivity index (χ1n) is 8.21. The van der Waals surface area contributed by atoms with Crippen molar-refractivity contribution >= 4 is 11.6 Å². The van der Waals surface area contributed by atoms with Gasteiger partial charge in [-0.3, -0.25) is 0 Å². The molecule has 112 valence electrons. The molecule has 3 unspecified atom stereocenters. The van der Waals surface area contributed by atoms with Crippen LogP contribution in [-0.2, 0) is 0 Å². The van der Waals surface area contributed by atoms with E-state index in [1.54, 1.807) is 0 Å². The minimum absolute atomic E-state index is 0.632. The monoisotopic (exact) mass is 293 g/mol. The molecule has 0 aromatic heterocycles. The summed E-state index contributed by atoms with van der Waals surface area (Å²) in [6, 6.07) is 8.46. The summed E-state index contributed by atoms with van der Waals surface area (Å²) in [6.07, 6.45) is 6.72. The molecule has 0 saturated heterocycles. The third kappa shape index (κ3) is 3.99. The summed E-state index contributed by atoms with van der Waals surface area (Å²) >= 11 is 6.46. The van der Waals surface area contributed by atoms with Gasteiger partial charge in [0.25, 0.3) is 0 Å². The molecule has 1 saturated carbocycles. The highest BCUT2D eigenvalue weighted by Gasteiger charge is 2.31. The molecule has 1 aromatic rings. The van der Waals surface area contributed by atoms with Crippen molar-refractivity contribution in [1.82, 2.24) is 5.32 Å². The number of benzene rings is 1. The van der Waals surface area contributed by atoms with E-state index in [9.17, 15) is 0 Å². The van der Waals surface area contributed by atoms with Gasteiger partial charge in [-0.05, 0) is 55.3 Å². The molecule has 1 aromatic carbocycles. The Morgan fingerprint density at radius 3 is 2.70 bits per heavy atom. The molecule has 1 N–H and O–H groups in total. The zero-order valence-electron chi connectivity index (χ0n) is 12.9. The van der Waals surface area contributed by atoms with Crippen molar-refractivity contribution in [1.29, 1.82) is 0 Å². The predicted molar refractivity (Wildman–Crippen MR) is 88.5 cm³/mol. The largest absolute Gasteiger partial charge is 0.317 e. The van der Waals surface area contributed by atoms with Gasteiger partial charge >= 0.3 is 0 Å². The van der Waals surface area contributed by atoms with Crippen LogP contribution < -0.4 is 5.32 Å². The maximum atomic E-state index is 6.46. The Morgan fingerprint density at radius 1 is 1.20 bits per heavy atom. The van der Waals surface area contributed by atoms with Crippen LogP contribution >= 0.6 is 11.6 Å². The lowest BCUT2D eigenvalue weighted by molar-refractivity contribution is 0.221. The lowest BCUT2D eigenvalue weighted by Crippen LogP contribution is -2.32. The fraction of sp³-hybridized carbons (Fsp3) is 0.667. The van der Waals surface area contributed by atoms with Crippen LogP contribution in [0.25, 0.3) is 0 Å². The van der Waals surface area contributed by atoms with Crippen molar-refractivity contribution in [2.24, 2.45) is 11.8 Å². The smallest absolute Gasteiger partial charge is 0.0440 e. The van der Waals surface area contributed by atoms with Crippen molar-refractivity contribution in [2.45, 2.75) is 51.9 Å². The van der Waals surface area contributed by atoms with Crippen molar-refractivity contribution in [2.75, 3.05) is 13.1 Å². The quantitative estimate of drug-likeness (QED) is 0.755. The van der Waals surface area contributed by atoms with Gasteiger partial charge in [0.2, 0.25) is 0 Å². The number of hydrogen-bond donors (Lipinski definition) is 1. The molecule has 1 aliphatic carbocycles. The first-order valence-corrected chi connectivity index (χ1v) is 8.59. The van der Waals surface area contributed by atoms with E-state index in [-0.39, 0.29) is 0 Å². The molecule has 2 heteroatoms. The summed E-state index contributed by atoms with van der Waals surface area (Å²) in [7, 11) is 0. The van der Waals surface area contributed by atoms with Crippen molar-refractivity contribution in [3.05, 3.63) is 34.9 Å². The first-order chi connectivity index (χ1) is 9.76. The maximum absolute atomic E-state index is 6.46. The fourth-order valence-corrected chi connectivity index (χ4v) is 4.00. The van der Waals surface area contributed by atoms with Crippen molar-refractivity contribution < 1.29 is 0 Å². The van der Waals surface area contributed by atoms with E-state index in [2.05, 4.69) is 31.3 Å². The Bertz CT molecular complexity index is 404. The Morgan fingerprint density at radius 2 is 2.00 bits per heavy atom. The van der Waals surface area contributed by atoms with Gasteiger partial charge in [-0.2, -0.15) is 0 Å². The molecule has 0 radical (unpaired) electrons. The van der Waals surface area contributed by atoms with E-state index in [0.29, 0.717) is 5.92 Å². The summed E-state index contributed by atoms with van der Waals surface area (Å²) < 4.78 is 0. The second-order valence-corrected chi connectivity index (χ2v) is 6.57. The summed E-state index contributed by atoms with van der Waals surface area (Å²) in [5, 5.41) is 4.50. The van der Waals surface area contributed by atoms with Crippen LogP contribution in [0.3, 0.4) is 0 Å². The van der Waals surface area contributed by atoms with Gasteiger partial charge in [0, 0.05) is 5.02 Å². The SMILES string of the molecule is CCCC1CCC(CNCC)C(c2ccccc2Cl)C1.